The monoisotopic (exact) mass is 480 g/mol. The van der Waals surface area contributed by atoms with E-state index in [-0.39, 0.29) is 22.2 Å². The lowest BCUT2D eigenvalue weighted by atomic mass is 10.2. The summed E-state index contributed by atoms with van der Waals surface area (Å²) in [6.45, 7) is 0.812. The highest BCUT2D eigenvalue weighted by Crippen LogP contribution is 2.28. The Balaban J connectivity index is 1.47. The first-order chi connectivity index (χ1) is 14.9. The number of thiophene rings is 1. The van der Waals surface area contributed by atoms with Gasteiger partial charge in [0.1, 0.15) is 6.54 Å². The van der Waals surface area contributed by atoms with E-state index in [9.17, 15) is 13.2 Å². The van der Waals surface area contributed by atoms with E-state index in [0.29, 0.717) is 18.9 Å². The second kappa shape index (κ2) is 9.43. The molecule has 3 heterocycles. The third kappa shape index (κ3) is 5.12. The fourth-order valence-corrected chi connectivity index (χ4v) is 5.68. The van der Waals surface area contributed by atoms with E-state index in [2.05, 4.69) is 20.7 Å². The van der Waals surface area contributed by atoms with Crippen molar-refractivity contribution in [1.82, 2.24) is 24.5 Å². The van der Waals surface area contributed by atoms with Crippen LogP contribution in [-0.4, -0.2) is 51.9 Å². The largest absolute Gasteiger partial charge is 0.323 e. The number of carbonyl (C=O) groups is 1. The van der Waals surface area contributed by atoms with Crippen molar-refractivity contribution in [2.45, 2.75) is 37.1 Å². The van der Waals surface area contributed by atoms with Crippen LogP contribution in [0.25, 0.3) is 10.7 Å². The molecule has 1 aliphatic heterocycles. The highest BCUT2D eigenvalue weighted by Gasteiger charge is 2.26. The van der Waals surface area contributed by atoms with Gasteiger partial charge in [0.25, 0.3) is 0 Å². The molecule has 0 bridgehead atoms. The summed E-state index contributed by atoms with van der Waals surface area (Å²) in [6, 6.07) is 8.07. The number of halogens is 1. The van der Waals surface area contributed by atoms with E-state index in [4.69, 9.17) is 11.6 Å². The zero-order chi connectivity index (χ0) is 21.8. The molecule has 1 aromatic carbocycles. The average molecular weight is 481 g/mol. The Labute approximate surface area is 189 Å². The number of carbonyl (C=O) groups excluding carboxylic acids is 1. The van der Waals surface area contributed by atoms with Crippen molar-refractivity contribution in [1.29, 1.82) is 0 Å². The maximum absolute atomic E-state index is 13.0. The molecule has 3 aromatic rings. The summed E-state index contributed by atoms with van der Waals surface area (Å²) in [5.74, 6) is -0.00674. The Bertz CT molecular complexity index is 1160. The van der Waals surface area contributed by atoms with Gasteiger partial charge in [-0.25, -0.2) is 8.42 Å². The molecule has 1 amide bonds. The number of benzene rings is 1. The minimum Gasteiger partial charge on any atom is -0.323 e. The van der Waals surface area contributed by atoms with E-state index in [1.54, 1.807) is 0 Å². The zero-order valence-corrected chi connectivity index (χ0v) is 19.0. The SMILES string of the molecule is O=C(Cn1nnc(-c2cccs2)n1)Nc1cc(S(=O)(=O)N2CCCCCC2)ccc1Cl. The molecule has 0 spiro atoms. The van der Waals surface area contributed by atoms with Crippen LogP contribution >= 0.6 is 22.9 Å². The van der Waals surface area contributed by atoms with Gasteiger partial charge in [-0.2, -0.15) is 9.10 Å². The Hall–Kier alpha value is -2.34. The van der Waals surface area contributed by atoms with Crippen LogP contribution in [0.15, 0.2) is 40.6 Å². The summed E-state index contributed by atoms with van der Waals surface area (Å²) in [4.78, 5) is 14.6. The number of aromatic nitrogens is 4. The normalized spacial score (nSPS) is 15.5. The first-order valence-corrected chi connectivity index (χ1v) is 12.5. The summed E-state index contributed by atoms with van der Waals surface area (Å²) in [5.41, 5.74) is 0.223. The molecular formula is C19H21ClN6O3S2. The lowest BCUT2D eigenvalue weighted by molar-refractivity contribution is -0.117. The van der Waals surface area contributed by atoms with Crippen molar-refractivity contribution in [3.63, 3.8) is 0 Å². The Morgan fingerprint density at radius 3 is 2.65 bits per heavy atom. The summed E-state index contributed by atoms with van der Waals surface area (Å²) in [7, 11) is -3.66. The Kier molecular flexibility index (Phi) is 6.65. The molecule has 9 nitrogen and oxygen atoms in total. The molecule has 0 aliphatic carbocycles. The smallest absolute Gasteiger partial charge is 0.248 e. The van der Waals surface area contributed by atoms with E-state index in [1.165, 1.54) is 38.6 Å². The number of nitrogens with zero attached hydrogens (tertiary/aromatic N) is 5. The van der Waals surface area contributed by atoms with Crippen LogP contribution in [0.4, 0.5) is 5.69 Å². The maximum Gasteiger partial charge on any atom is 0.248 e. The molecule has 12 heteroatoms. The van der Waals surface area contributed by atoms with E-state index < -0.39 is 15.9 Å². The van der Waals surface area contributed by atoms with E-state index >= 15 is 0 Å². The van der Waals surface area contributed by atoms with Crippen molar-refractivity contribution < 1.29 is 13.2 Å². The van der Waals surface area contributed by atoms with Crippen molar-refractivity contribution >= 4 is 44.6 Å². The van der Waals surface area contributed by atoms with Crippen LogP contribution < -0.4 is 5.32 Å². The molecule has 0 unspecified atom stereocenters. The lowest BCUT2D eigenvalue weighted by Gasteiger charge is -2.20. The van der Waals surface area contributed by atoms with Gasteiger partial charge in [0, 0.05) is 13.1 Å². The van der Waals surface area contributed by atoms with Crippen molar-refractivity contribution in [2.24, 2.45) is 0 Å². The van der Waals surface area contributed by atoms with Gasteiger partial charge in [0.15, 0.2) is 0 Å². The molecule has 1 N–H and O–H groups in total. The average Bonchev–Trinajstić information content (AvgIpc) is 3.35. The number of hydrogen-bond acceptors (Lipinski definition) is 7. The topological polar surface area (TPSA) is 110 Å². The van der Waals surface area contributed by atoms with Crippen molar-refractivity contribution in [3.05, 3.63) is 40.7 Å². The molecule has 0 radical (unpaired) electrons. The second-order valence-electron chi connectivity index (χ2n) is 7.13. The van der Waals surface area contributed by atoms with Gasteiger partial charge < -0.3 is 5.32 Å². The number of hydrogen-bond donors (Lipinski definition) is 1. The molecule has 164 valence electrons. The lowest BCUT2D eigenvalue weighted by Crippen LogP contribution is -2.32. The molecule has 1 fully saturated rings. The maximum atomic E-state index is 13.0. The van der Waals surface area contributed by atoms with Crippen molar-refractivity contribution in [3.8, 4) is 10.7 Å². The quantitative estimate of drug-likeness (QED) is 0.579. The van der Waals surface area contributed by atoms with E-state index in [0.717, 1.165) is 30.6 Å². The molecular weight excluding hydrogens is 460 g/mol. The zero-order valence-electron chi connectivity index (χ0n) is 16.6. The molecule has 0 saturated carbocycles. The van der Waals surface area contributed by atoms with Gasteiger partial charge >= 0.3 is 0 Å². The Morgan fingerprint density at radius 2 is 1.94 bits per heavy atom. The van der Waals surface area contributed by atoms with Crippen LogP contribution in [0.5, 0.6) is 0 Å². The predicted molar refractivity (Wildman–Crippen MR) is 118 cm³/mol. The van der Waals surface area contributed by atoms with Crippen LogP contribution in [-0.2, 0) is 21.4 Å². The van der Waals surface area contributed by atoms with Crippen molar-refractivity contribution in [2.75, 3.05) is 18.4 Å². The number of rotatable bonds is 6. The predicted octanol–water partition coefficient (Wildman–Crippen LogP) is 3.26. The van der Waals surface area contributed by atoms with Crippen LogP contribution in [0.2, 0.25) is 5.02 Å². The molecule has 4 rings (SSSR count). The van der Waals surface area contributed by atoms with Gasteiger partial charge in [0.05, 0.1) is 20.5 Å². The van der Waals surface area contributed by atoms with Gasteiger partial charge in [-0.15, -0.1) is 21.5 Å². The highest BCUT2D eigenvalue weighted by molar-refractivity contribution is 7.89. The minimum atomic E-state index is -3.66. The molecule has 31 heavy (non-hydrogen) atoms. The fraction of sp³-hybridized carbons (Fsp3) is 0.368. The highest BCUT2D eigenvalue weighted by atomic mass is 35.5. The first kappa shape index (κ1) is 21.9. The van der Waals surface area contributed by atoms with Crippen LogP contribution in [0.1, 0.15) is 25.7 Å². The second-order valence-corrected chi connectivity index (χ2v) is 10.4. The standard InChI is InChI=1S/C19H21ClN6O3S2/c20-15-8-7-14(31(28,29)25-9-3-1-2-4-10-25)12-16(15)21-18(27)13-26-23-19(22-24-26)17-6-5-11-30-17/h5-8,11-12H,1-4,9-10,13H2,(H,21,27). The minimum absolute atomic E-state index is 0.105. The Morgan fingerprint density at radius 1 is 1.16 bits per heavy atom. The fourth-order valence-electron chi connectivity index (χ4n) is 3.32. The van der Waals surface area contributed by atoms with Gasteiger partial charge in [-0.1, -0.05) is 30.5 Å². The van der Waals surface area contributed by atoms with Crippen LogP contribution in [0.3, 0.4) is 0 Å². The van der Waals surface area contributed by atoms with Gasteiger partial charge in [-0.05, 0) is 47.7 Å². The molecule has 1 aliphatic rings. The summed E-state index contributed by atoms with van der Waals surface area (Å²) >= 11 is 7.68. The number of anilines is 1. The summed E-state index contributed by atoms with van der Waals surface area (Å²) < 4.78 is 27.6. The number of tetrazole rings is 1. The number of sulfonamides is 1. The summed E-state index contributed by atoms with van der Waals surface area (Å²) in [5, 5.41) is 16.8. The van der Waals surface area contributed by atoms with Gasteiger partial charge in [0.2, 0.25) is 21.8 Å². The molecule has 1 saturated heterocycles. The third-order valence-corrected chi connectivity index (χ3v) is 7.98. The van der Waals surface area contributed by atoms with Crippen LogP contribution in [0, 0.1) is 0 Å². The molecule has 0 atom stereocenters. The third-order valence-electron chi connectivity index (χ3n) is 4.89. The first-order valence-electron chi connectivity index (χ1n) is 9.85. The number of amides is 1. The summed E-state index contributed by atoms with van der Waals surface area (Å²) in [6.07, 6.45) is 3.74. The van der Waals surface area contributed by atoms with E-state index in [1.807, 2.05) is 17.5 Å². The molecule has 2 aromatic heterocycles. The number of nitrogens with one attached hydrogen (secondary N) is 1. The van der Waals surface area contributed by atoms with Gasteiger partial charge in [-0.3, -0.25) is 4.79 Å².